The lowest BCUT2D eigenvalue weighted by molar-refractivity contribution is -0.120. The number of carbonyl (C=O) groups excluding carboxylic acids is 1. The molecule has 2 N–H and O–H groups in total. The maximum atomic E-state index is 11.4. The molecule has 0 aliphatic carbocycles. The minimum absolute atomic E-state index is 0.0713. The number of carbonyl (C=O) groups is 1. The summed E-state index contributed by atoms with van der Waals surface area (Å²) in [6.45, 7) is 3.92. The maximum absolute atomic E-state index is 11.4. The monoisotopic (exact) mass is 193 g/mol. The fraction of sp³-hybridized carbons (Fsp3) is 0.500. The number of aliphatic imine (C=N–C) groups is 1. The number of hydrogen-bond donors (Lipinski definition) is 2. The number of hydrogen-bond acceptors (Lipinski definition) is 4. The van der Waals surface area contributed by atoms with E-state index in [1.165, 1.54) is 6.20 Å². The molecule has 0 saturated carbocycles. The minimum atomic E-state index is -0.304. The van der Waals surface area contributed by atoms with Crippen LogP contribution in [-0.2, 0) is 4.79 Å². The third-order valence-electron chi connectivity index (χ3n) is 2.07. The fourth-order valence-corrected chi connectivity index (χ4v) is 1.32. The van der Waals surface area contributed by atoms with Crippen molar-refractivity contribution in [3.05, 3.63) is 11.9 Å². The second-order valence-electron chi connectivity index (χ2n) is 3.51. The Balaban J connectivity index is 2.25. The highest BCUT2D eigenvalue weighted by molar-refractivity contribution is 6.12. The molecule has 6 heteroatoms. The van der Waals surface area contributed by atoms with Crippen LogP contribution < -0.4 is 5.32 Å². The third-order valence-corrected chi connectivity index (χ3v) is 2.07. The number of amides is 1. The highest BCUT2D eigenvalue weighted by Gasteiger charge is 2.30. The standard InChI is InChI=1S/C8H11N5O/c1-4(2)6-8(14)11-7(10-6)5-3-9-13-12-5/h3-4,6H,1-2H3,(H,9,12,13)(H,10,11,14). The van der Waals surface area contributed by atoms with Crippen LogP contribution in [0.4, 0.5) is 0 Å². The maximum Gasteiger partial charge on any atom is 0.250 e. The van der Waals surface area contributed by atoms with Gasteiger partial charge in [0.05, 0.1) is 6.20 Å². The molecule has 1 unspecified atom stereocenters. The van der Waals surface area contributed by atoms with E-state index in [9.17, 15) is 4.79 Å². The van der Waals surface area contributed by atoms with Gasteiger partial charge in [0.25, 0.3) is 5.91 Å². The molecule has 0 radical (unpaired) electrons. The summed E-state index contributed by atoms with van der Waals surface area (Å²) in [5.74, 6) is 0.625. The lowest BCUT2D eigenvalue weighted by atomic mass is 10.1. The molecule has 1 aliphatic rings. The lowest BCUT2D eigenvalue weighted by Gasteiger charge is -2.06. The Morgan fingerprint density at radius 2 is 2.29 bits per heavy atom. The van der Waals surface area contributed by atoms with E-state index in [0.717, 1.165) is 0 Å². The topological polar surface area (TPSA) is 83.0 Å². The van der Waals surface area contributed by atoms with Crippen molar-refractivity contribution in [3.8, 4) is 0 Å². The number of amidine groups is 1. The molecule has 2 heterocycles. The molecule has 0 bridgehead atoms. The lowest BCUT2D eigenvalue weighted by Crippen LogP contribution is -2.31. The molecule has 1 aromatic heterocycles. The predicted molar refractivity (Wildman–Crippen MR) is 49.7 cm³/mol. The van der Waals surface area contributed by atoms with Crippen molar-refractivity contribution >= 4 is 11.7 Å². The minimum Gasteiger partial charge on any atom is -0.307 e. The van der Waals surface area contributed by atoms with Crippen LogP contribution in [0.15, 0.2) is 11.2 Å². The first kappa shape index (κ1) is 8.86. The fourth-order valence-electron chi connectivity index (χ4n) is 1.32. The van der Waals surface area contributed by atoms with Gasteiger partial charge in [0.2, 0.25) is 0 Å². The molecule has 0 spiro atoms. The Labute approximate surface area is 80.8 Å². The van der Waals surface area contributed by atoms with Crippen LogP contribution in [0.3, 0.4) is 0 Å². The van der Waals surface area contributed by atoms with E-state index in [4.69, 9.17) is 0 Å². The summed E-state index contributed by atoms with van der Waals surface area (Å²) in [5, 5.41) is 12.6. The molecule has 1 aromatic rings. The zero-order chi connectivity index (χ0) is 10.1. The molecule has 0 fully saturated rings. The van der Waals surface area contributed by atoms with E-state index in [2.05, 4.69) is 25.7 Å². The summed E-state index contributed by atoms with van der Waals surface area (Å²) < 4.78 is 0. The SMILES string of the molecule is CC(C)C1N=C(c2cn[nH]n2)NC1=O. The molecule has 6 nitrogen and oxygen atoms in total. The van der Waals surface area contributed by atoms with Crippen molar-refractivity contribution in [3.63, 3.8) is 0 Å². The zero-order valence-electron chi connectivity index (χ0n) is 7.98. The van der Waals surface area contributed by atoms with Gasteiger partial charge in [-0.15, -0.1) is 0 Å². The predicted octanol–water partition coefficient (Wildman–Crippen LogP) is -0.294. The molecule has 2 rings (SSSR count). The van der Waals surface area contributed by atoms with Crippen LogP contribution in [0.1, 0.15) is 19.5 Å². The Bertz CT molecular complexity index is 367. The van der Waals surface area contributed by atoms with Crippen LogP contribution in [0, 0.1) is 5.92 Å². The summed E-state index contributed by atoms with van der Waals surface area (Å²) >= 11 is 0. The van der Waals surface area contributed by atoms with E-state index in [1.54, 1.807) is 0 Å². The summed E-state index contributed by atoms with van der Waals surface area (Å²) in [7, 11) is 0. The van der Waals surface area contributed by atoms with E-state index < -0.39 is 0 Å². The molecule has 14 heavy (non-hydrogen) atoms. The van der Waals surface area contributed by atoms with Gasteiger partial charge in [-0.25, -0.2) is 0 Å². The van der Waals surface area contributed by atoms with Gasteiger partial charge in [-0.1, -0.05) is 13.8 Å². The first-order chi connectivity index (χ1) is 6.68. The van der Waals surface area contributed by atoms with E-state index in [0.29, 0.717) is 11.5 Å². The summed E-state index contributed by atoms with van der Waals surface area (Å²) in [5.41, 5.74) is 0.571. The number of rotatable bonds is 2. The molecule has 0 saturated heterocycles. The largest absolute Gasteiger partial charge is 0.307 e. The van der Waals surface area contributed by atoms with E-state index >= 15 is 0 Å². The molecule has 1 amide bonds. The average Bonchev–Trinajstić information content (AvgIpc) is 2.70. The number of H-pyrrole nitrogens is 1. The molecule has 1 atom stereocenters. The van der Waals surface area contributed by atoms with Crippen LogP contribution in [0.5, 0.6) is 0 Å². The third kappa shape index (κ3) is 1.39. The molecular formula is C8H11N5O. The Kier molecular flexibility index (Phi) is 2.03. The smallest absolute Gasteiger partial charge is 0.250 e. The van der Waals surface area contributed by atoms with Crippen molar-refractivity contribution in [2.75, 3.05) is 0 Å². The zero-order valence-corrected chi connectivity index (χ0v) is 7.98. The number of aromatic nitrogens is 3. The number of aromatic amines is 1. The van der Waals surface area contributed by atoms with Gasteiger partial charge in [-0.05, 0) is 5.92 Å². The van der Waals surface area contributed by atoms with Crippen LogP contribution in [-0.4, -0.2) is 33.2 Å². The molecule has 74 valence electrons. The van der Waals surface area contributed by atoms with Crippen LogP contribution in [0.2, 0.25) is 0 Å². The van der Waals surface area contributed by atoms with Crippen molar-refractivity contribution in [2.45, 2.75) is 19.9 Å². The van der Waals surface area contributed by atoms with Gasteiger partial charge >= 0.3 is 0 Å². The first-order valence-electron chi connectivity index (χ1n) is 4.43. The van der Waals surface area contributed by atoms with Gasteiger partial charge in [0.15, 0.2) is 5.84 Å². The molecule has 1 aliphatic heterocycles. The summed E-state index contributed by atoms with van der Waals surface area (Å²) in [6, 6.07) is -0.304. The number of nitrogens with zero attached hydrogens (tertiary/aromatic N) is 3. The van der Waals surface area contributed by atoms with E-state index in [-0.39, 0.29) is 17.9 Å². The second-order valence-corrected chi connectivity index (χ2v) is 3.51. The molecule has 0 aromatic carbocycles. The Morgan fingerprint density at radius 3 is 2.79 bits per heavy atom. The normalized spacial score (nSPS) is 21.2. The Morgan fingerprint density at radius 1 is 1.50 bits per heavy atom. The van der Waals surface area contributed by atoms with Gasteiger partial charge in [-0.3, -0.25) is 9.79 Å². The van der Waals surface area contributed by atoms with Gasteiger partial charge in [0.1, 0.15) is 11.7 Å². The highest BCUT2D eigenvalue weighted by Crippen LogP contribution is 2.12. The highest BCUT2D eigenvalue weighted by atomic mass is 16.2. The van der Waals surface area contributed by atoms with Gasteiger partial charge in [0, 0.05) is 0 Å². The quantitative estimate of drug-likeness (QED) is 0.676. The van der Waals surface area contributed by atoms with Crippen molar-refractivity contribution in [1.82, 2.24) is 20.7 Å². The summed E-state index contributed by atoms with van der Waals surface area (Å²) in [4.78, 5) is 15.7. The van der Waals surface area contributed by atoms with Crippen LogP contribution >= 0.6 is 0 Å². The second kappa shape index (κ2) is 3.21. The van der Waals surface area contributed by atoms with Crippen molar-refractivity contribution < 1.29 is 4.79 Å². The average molecular weight is 193 g/mol. The molecular weight excluding hydrogens is 182 g/mol. The summed E-state index contributed by atoms with van der Waals surface area (Å²) in [6.07, 6.45) is 1.53. The number of nitrogens with one attached hydrogen (secondary N) is 2. The van der Waals surface area contributed by atoms with Crippen LogP contribution in [0.25, 0.3) is 0 Å². The van der Waals surface area contributed by atoms with Gasteiger partial charge < -0.3 is 5.32 Å². The van der Waals surface area contributed by atoms with Crippen molar-refractivity contribution in [1.29, 1.82) is 0 Å². The van der Waals surface area contributed by atoms with Crippen molar-refractivity contribution in [2.24, 2.45) is 10.9 Å². The van der Waals surface area contributed by atoms with E-state index in [1.807, 2.05) is 13.8 Å². The first-order valence-corrected chi connectivity index (χ1v) is 4.43. The van der Waals surface area contributed by atoms with Gasteiger partial charge in [-0.2, -0.15) is 15.4 Å². The Hall–Kier alpha value is -1.72.